The molecule has 0 aromatic heterocycles. The molecule has 0 saturated carbocycles. The van der Waals surface area contributed by atoms with Crippen LogP contribution in [-0.4, -0.2) is 24.3 Å². The number of halogens is 2. The lowest BCUT2D eigenvalue weighted by Crippen LogP contribution is -2.27. The van der Waals surface area contributed by atoms with Crippen molar-refractivity contribution in [2.24, 2.45) is 5.73 Å². The van der Waals surface area contributed by atoms with E-state index in [1.54, 1.807) is 0 Å². The maximum atomic E-state index is 13.6. The Morgan fingerprint density at radius 3 is 2.44 bits per heavy atom. The average molecular weight is 347 g/mol. The summed E-state index contributed by atoms with van der Waals surface area (Å²) in [6.07, 6.45) is 0.00596. The van der Waals surface area contributed by atoms with Gasteiger partial charge in [0.25, 0.3) is 11.8 Å². The third kappa shape index (κ3) is 5.10. The van der Waals surface area contributed by atoms with E-state index >= 15 is 0 Å². The van der Waals surface area contributed by atoms with Crippen molar-refractivity contribution in [1.29, 1.82) is 0 Å². The minimum absolute atomic E-state index is 0.00596. The Labute approximate surface area is 142 Å². The molecule has 2 aromatic rings. The van der Waals surface area contributed by atoms with Crippen molar-refractivity contribution in [3.05, 3.63) is 65.2 Å². The average Bonchev–Trinajstić information content (AvgIpc) is 2.54. The fourth-order valence-corrected chi connectivity index (χ4v) is 2.01. The molecule has 0 atom stereocenters. The fraction of sp³-hybridized carbons (Fsp3) is 0.118. The van der Waals surface area contributed by atoms with Crippen molar-refractivity contribution in [3.8, 4) is 0 Å². The molecule has 0 saturated heterocycles. The Morgan fingerprint density at radius 2 is 1.76 bits per heavy atom. The van der Waals surface area contributed by atoms with Crippen molar-refractivity contribution in [2.45, 2.75) is 6.42 Å². The van der Waals surface area contributed by atoms with Crippen LogP contribution >= 0.6 is 0 Å². The summed E-state index contributed by atoms with van der Waals surface area (Å²) in [6, 6.07) is 8.55. The molecular formula is C17H15F2N3O3. The van der Waals surface area contributed by atoms with Gasteiger partial charge in [0.05, 0.1) is 5.56 Å². The van der Waals surface area contributed by atoms with Crippen LogP contribution in [0.1, 0.15) is 27.1 Å². The van der Waals surface area contributed by atoms with E-state index < -0.39 is 29.4 Å². The van der Waals surface area contributed by atoms with E-state index in [-0.39, 0.29) is 29.8 Å². The van der Waals surface area contributed by atoms with Crippen LogP contribution < -0.4 is 16.4 Å². The summed E-state index contributed by atoms with van der Waals surface area (Å²) in [5.74, 6) is -3.54. The summed E-state index contributed by atoms with van der Waals surface area (Å²) in [5.41, 5.74) is 5.16. The summed E-state index contributed by atoms with van der Waals surface area (Å²) in [5, 5.41) is 4.94. The number of anilines is 1. The van der Waals surface area contributed by atoms with Crippen molar-refractivity contribution >= 4 is 23.4 Å². The lowest BCUT2D eigenvalue weighted by Gasteiger charge is -2.09. The molecule has 130 valence electrons. The van der Waals surface area contributed by atoms with Crippen LogP contribution in [0.2, 0.25) is 0 Å². The molecule has 2 rings (SSSR count). The predicted octanol–water partition coefficient (Wildman–Crippen LogP) is 1.82. The Hall–Kier alpha value is -3.29. The van der Waals surface area contributed by atoms with Crippen molar-refractivity contribution in [2.75, 3.05) is 11.9 Å². The molecule has 3 amide bonds. The second-order valence-corrected chi connectivity index (χ2v) is 5.13. The van der Waals surface area contributed by atoms with Gasteiger partial charge in [0.1, 0.15) is 11.6 Å². The Morgan fingerprint density at radius 1 is 1.00 bits per heavy atom. The van der Waals surface area contributed by atoms with Crippen LogP contribution in [-0.2, 0) is 4.79 Å². The molecule has 6 nitrogen and oxygen atoms in total. The molecular weight excluding hydrogens is 332 g/mol. The zero-order chi connectivity index (χ0) is 18.4. The zero-order valence-electron chi connectivity index (χ0n) is 13.0. The highest BCUT2D eigenvalue weighted by Crippen LogP contribution is 2.15. The molecule has 2 aromatic carbocycles. The first-order chi connectivity index (χ1) is 11.9. The molecule has 0 aliphatic heterocycles. The lowest BCUT2D eigenvalue weighted by molar-refractivity contribution is -0.117. The second kappa shape index (κ2) is 8.00. The van der Waals surface area contributed by atoms with Gasteiger partial charge in [0, 0.05) is 30.3 Å². The highest BCUT2D eigenvalue weighted by atomic mass is 19.1. The topological polar surface area (TPSA) is 101 Å². The number of carbonyl (C=O) groups is 3. The highest BCUT2D eigenvalue weighted by Gasteiger charge is 2.13. The largest absolute Gasteiger partial charge is 0.370 e. The first kappa shape index (κ1) is 18.1. The predicted molar refractivity (Wildman–Crippen MR) is 86.9 cm³/mol. The van der Waals surface area contributed by atoms with Crippen LogP contribution in [0.25, 0.3) is 0 Å². The van der Waals surface area contributed by atoms with Crippen LogP contribution in [0.4, 0.5) is 14.5 Å². The normalized spacial score (nSPS) is 10.2. The number of hydrogen-bond acceptors (Lipinski definition) is 3. The minimum Gasteiger partial charge on any atom is -0.370 e. The number of nitrogens with two attached hydrogens (primary N) is 1. The van der Waals surface area contributed by atoms with Crippen molar-refractivity contribution < 1.29 is 23.2 Å². The van der Waals surface area contributed by atoms with Gasteiger partial charge in [-0.1, -0.05) is 6.07 Å². The monoisotopic (exact) mass is 347 g/mol. The van der Waals surface area contributed by atoms with Gasteiger partial charge in [-0.15, -0.1) is 0 Å². The van der Waals surface area contributed by atoms with Gasteiger partial charge < -0.3 is 16.4 Å². The summed E-state index contributed by atoms with van der Waals surface area (Å²) in [6.45, 7) is 0.0888. The number of hydrogen-bond donors (Lipinski definition) is 3. The summed E-state index contributed by atoms with van der Waals surface area (Å²) >= 11 is 0. The third-order valence-corrected chi connectivity index (χ3v) is 3.22. The van der Waals surface area contributed by atoms with Gasteiger partial charge in [-0.05, 0) is 30.3 Å². The molecule has 0 unspecified atom stereocenters. The molecule has 0 aliphatic carbocycles. The van der Waals surface area contributed by atoms with Gasteiger partial charge in [0.2, 0.25) is 5.91 Å². The van der Waals surface area contributed by atoms with Gasteiger partial charge in [-0.2, -0.15) is 0 Å². The SMILES string of the molecule is NC(=O)CCNC(=O)c1cccc(NC(=O)c2ccc(F)cc2F)c1. The molecule has 8 heteroatoms. The number of primary amides is 1. The summed E-state index contributed by atoms with van der Waals surface area (Å²) in [7, 11) is 0. The number of carbonyl (C=O) groups excluding carboxylic acids is 3. The first-order valence-corrected chi connectivity index (χ1v) is 7.30. The molecule has 0 fully saturated rings. The van der Waals surface area contributed by atoms with E-state index in [1.165, 1.54) is 24.3 Å². The Bertz CT molecular complexity index is 825. The van der Waals surface area contributed by atoms with Gasteiger partial charge in [-0.3, -0.25) is 14.4 Å². The molecule has 0 aliphatic rings. The van der Waals surface area contributed by atoms with Crippen molar-refractivity contribution in [3.63, 3.8) is 0 Å². The Kier molecular flexibility index (Phi) is 5.78. The molecule has 0 radical (unpaired) electrons. The second-order valence-electron chi connectivity index (χ2n) is 5.13. The number of nitrogens with one attached hydrogen (secondary N) is 2. The van der Waals surface area contributed by atoms with Crippen LogP contribution in [0.5, 0.6) is 0 Å². The quantitative estimate of drug-likeness (QED) is 0.743. The van der Waals surface area contributed by atoms with Crippen LogP contribution in [0.3, 0.4) is 0 Å². The summed E-state index contributed by atoms with van der Waals surface area (Å²) in [4.78, 5) is 34.6. The first-order valence-electron chi connectivity index (χ1n) is 7.30. The number of benzene rings is 2. The van der Waals surface area contributed by atoms with E-state index in [2.05, 4.69) is 10.6 Å². The maximum absolute atomic E-state index is 13.6. The van der Waals surface area contributed by atoms with E-state index in [9.17, 15) is 23.2 Å². The summed E-state index contributed by atoms with van der Waals surface area (Å²) < 4.78 is 26.5. The molecule has 4 N–H and O–H groups in total. The number of rotatable bonds is 6. The number of amides is 3. The van der Waals surface area contributed by atoms with Crippen molar-refractivity contribution in [1.82, 2.24) is 5.32 Å². The molecule has 0 bridgehead atoms. The highest BCUT2D eigenvalue weighted by molar-refractivity contribution is 6.05. The van der Waals surface area contributed by atoms with Crippen LogP contribution in [0, 0.1) is 11.6 Å². The molecule has 0 heterocycles. The van der Waals surface area contributed by atoms with E-state index in [0.717, 1.165) is 12.1 Å². The standard InChI is InChI=1S/C17H15F2N3O3/c18-11-4-5-13(14(19)9-11)17(25)22-12-3-1-2-10(8-12)16(24)21-7-6-15(20)23/h1-5,8-9H,6-7H2,(H2,20,23)(H,21,24)(H,22,25). The Balaban J connectivity index is 2.06. The van der Waals surface area contributed by atoms with Gasteiger partial charge >= 0.3 is 0 Å². The van der Waals surface area contributed by atoms with Gasteiger partial charge in [0.15, 0.2) is 0 Å². The van der Waals surface area contributed by atoms with Crippen LogP contribution in [0.15, 0.2) is 42.5 Å². The van der Waals surface area contributed by atoms with E-state index in [0.29, 0.717) is 6.07 Å². The fourth-order valence-electron chi connectivity index (χ4n) is 2.01. The van der Waals surface area contributed by atoms with Gasteiger partial charge in [-0.25, -0.2) is 8.78 Å². The zero-order valence-corrected chi connectivity index (χ0v) is 13.0. The lowest BCUT2D eigenvalue weighted by atomic mass is 10.1. The van der Waals surface area contributed by atoms with E-state index in [1.807, 2.05) is 0 Å². The molecule has 0 spiro atoms. The minimum atomic E-state index is -0.988. The maximum Gasteiger partial charge on any atom is 0.258 e. The third-order valence-electron chi connectivity index (χ3n) is 3.22. The van der Waals surface area contributed by atoms with E-state index in [4.69, 9.17) is 5.73 Å². The smallest absolute Gasteiger partial charge is 0.258 e. The molecule has 25 heavy (non-hydrogen) atoms.